The van der Waals surface area contributed by atoms with E-state index in [9.17, 15) is 4.79 Å². The predicted octanol–water partition coefficient (Wildman–Crippen LogP) is 2.91. The molecule has 1 N–H and O–H groups in total. The molecule has 2 aromatic heterocycles. The first kappa shape index (κ1) is 22.4. The van der Waals surface area contributed by atoms with Crippen molar-refractivity contribution in [3.63, 3.8) is 0 Å². The van der Waals surface area contributed by atoms with Gasteiger partial charge in [-0.05, 0) is 71.1 Å². The zero-order valence-electron chi connectivity index (χ0n) is 20.0. The smallest absolute Gasteiger partial charge is 0.253 e. The van der Waals surface area contributed by atoms with Gasteiger partial charge in [-0.25, -0.2) is 4.68 Å². The molecule has 0 aliphatic carbocycles. The molecule has 0 unspecified atom stereocenters. The normalized spacial score (nSPS) is 16.2. The van der Waals surface area contributed by atoms with Crippen molar-refractivity contribution in [2.75, 3.05) is 32.7 Å². The lowest BCUT2D eigenvalue weighted by molar-refractivity contribution is 0.108. The Morgan fingerprint density at radius 1 is 1.00 bits per heavy atom. The summed E-state index contributed by atoms with van der Waals surface area (Å²) in [5.74, 6) is 0.697. The number of hydrogen-bond donors (Lipinski definition) is 1. The molecular formula is C26H31N7O. The minimum atomic E-state index is -0.326. The largest absolute Gasteiger partial charge is 0.322 e. The van der Waals surface area contributed by atoms with Gasteiger partial charge < -0.3 is 9.88 Å². The number of hydrogen-bond acceptors (Lipinski definition) is 6. The highest BCUT2D eigenvalue weighted by Crippen LogP contribution is 2.28. The number of nitrogens with one attached hydrogen (secondary N) is 1. The van der Waals surface area contributed by atoms with Crippen molar-refractivity contribution in [3.8, 4) is 0 Å². The van der Waals surface area contributed by atoms with Gasteiger partial charge in [0.2, 0.25) is 0 Å². The lowest BCUT2D eigenvalue weighted by atomic mass is 10.00. The number of aryl methyl sites for hydroxylation is 2. The Kier molecular flexibility index (Phi) is 6.26. The van der Waals surface area contributed by atoms with E-state index in [0.29, 0.717) is 17.9 Å². The first-order valence-electron chi connectivity index (χ1n) is 11.9. The van der Waals surface area contributed by atoms with Crippen LogP contribution in [0.25, 0.3) is 10.9 Å². The van der Waals surface area contributed by atoms with Crippen LogP contribution in [0.3, 0.4) is 0 Å². The zero-order chi connectivity index (χ0) is 23.7. The highest BCUT2D eigenvalue weighted by atomic mass is 16.1. The number of H-pyrrole nitrogens is 1. The van der Waals surface area contributed by atoms with Crippen LogP contribution >= 0.6 is 0 Å². The second-order valence-electron chi connectivity index (χ2n) is 9.13. The number of pyridine rings is 1. The molecule has 0 amide bonds. The van der Waals surface area contributed by atoms with Gasteiger partial charge in [0.05, 0.1) is 6.54 Å². The summed E-state index contributed by atoms with van der Waals surface area (Å²) in [6, 6.07) is 16.0. The average Bonchev–Trinajstić information content (AvgIpc) is 3.29. The average molecular weight is 458 g/mol. The van der Waals surface area contributed by atoms with E-state index in [1.165, 1.54) is 5.56 Å². The second-order valence-corrected chi connectivity index (χ2v) is 9.13. The maximum Gasteiger partial charge on any atom is 0.253 e. The Bertz CT molecular complexity index is 1340. The van der Waals surface area contributed by atoms with Crippen molar-refractivity contribution in [1.29, 1.82) is 0 Å². The standard InChI is InChI=1S/C26H31N7O/c1-4-31-10-12-32(13-11-31)24(25-28-29-30-33(25)17-20-8-6-5-7-9-20)22-16-21-14-18(2)19(3)15-23(21)27-26(22)34/h5-9,14-16,24H,4,10-13,17H2,1-3H3,(H,27,34)/t24-/m1/s1. The van der Waals surface area contributed by atoms with Gasteiger partial charge in [0.25, 0.3) is 5.56 Å². The number of fused-ring (bicyclic) bond motifs is 1. The molecule has 4 aromatic rings. The van der Waals surface area contributed by atoms with Gasteiger partial charge in [0, 0.05) is 37.3 Å². The topological polar surface area (TPSA) is 82.9 Å². The third-order valence-electron chi connectivity index (χ3n) is 6.98. The first-order chi connectivity index (χ1) is 16.5. The molecule has 1 fully saturated rings. The summed E-state index contributed by atoms with van der Waals surface area (Å²) in [6.07, 6.45) is 0. The summed E-state index contributed by atoms with van der Waals surface area (Å²) in [5.41, 5.74) is 4.93. The molecule has 3 heterocycles. The summed E-state index contributed by atoms with van der Waals surface area (Å²) >= 11 is 0. The van der Waals surface area contributed by atoms with E-state index in [1.807, 2.05) is 35.0 Å². The Morgan fingerprint density at radius 3 is 2.47 bits per heavy atom. The van der Waals surface area contributed by atoms with Crippen LogP contribution in [0.5, 0.6) is 0 Å². The third kappa shape index (κ3) is 4.38. The second kappa shape index (κ2) is 9.48. The van der Waals surface area contributed by atoms with Crippen LogP contribution in [0.4, 0.5) is 0 Å². The molecule has 0 bridgehead atoms. The fourth-order valence-corrected chi connectivity index (χ4v) is 4.81. The Labute approximate surface area is 199 Å². The number of aromatic nitrogens is 5. The minimum Gasteiger partial charge on any atom is -0.322 e. The van der Waals surface area contributed by atoms with Crippen molar-refractivity contribution in [1.82, 2.24) is 35.0 Å². The van der Waals surface area contributed by atoms with E-state index >= 15 is 0 Å². The molecule has 1 saturated heterocycles. The summed E-state index contributed by atoms with van der Waals surface area (Å²) in [6.45, 7) is 11.5. The van der Waals surface area contributed by atoms with E-state index in [1.54, 1.807) is 0 Å². The van der Waals surface area contributed by atoms with Crippen LogP contribution in [0.1, 0.15) is 41.0 Å². The van der Waals surface area contributed by atoms with Gasteiger partial charge in [-0.3, -0.25) is 9.69 Å². The summed E-state index contributed by atoms with van der Waals surface area (Å²) in [4.78, 5) is 21.3. The molecule has 0 saturated carbocycles. The molecule has 5 rings (SSSR count). The summed E-state index contributed by atoms with van der Waals surface area (Å²) in [5, 5.41) is 13.8. The highest BCUT2D eigenvalue weighted by Gasteiger charge is 2.32. The Morgan fingerprint density at radius 2 is 1.74 bits per heavy atom. The molecule has 0 spiro atoms. The maximum absolute atomic E-state index is 13.4. The van der Waals surface area contributed by atoms with Gasteiger partial charge in [0.15, 0.2) is 5.82 Å². The van der Waals surface area contributed by atoms with Crippen LogP contribution < -0.4 is 5.56 Å². The third-order valence-corrected chi connectivity index (χ3v) is 6.98. The van der Waals surface area contributed by atoms with E-state index < -0.39 is 0 Å². The Balaban J connectivity index is 1.61. The molecule has 1 atom stereocenters. The summed E-state index contributed by atoms with van der Waals surface area (Å²) < 4.78 is 1.83. The SMILES string of the molecule is CCN1CCN([C@H](c2cc3cc(C)c(C)cc3[nH]c2=O)c2nnnn2Cc2ccccc2)CC1. The molecule has 8 nitrogen and oxygen atoms in total. The van der Waals surface area contributed by atoms with Gasteiger partial charge >= 0.3 is 0 Å². The number of nitrogens with zero attached hydrogens (tertiary/aromatic N) is 6. The number of aromatic amines is 1. The number of piperazine rings is 1. The van der Waals surface area contributed by atoms with Crippen molar-refractivity contribution >= 4 is 10.9 Å². The molecular weight excluding hydrogens is 426 g/mol. The van der Waals surface area contributed by atoms with Crippen LogP contribution in [-0.2, 0) is 6.54 Å². The van der Waals surface area contributed by atoms with Crippen LogP contribution in [0.2, 0.25) is 0 Å². The van der Waals surface area contributed by atoms with Crippen molar-refractivity contribution in [2.45, 2.75) is 33.4 Å². The van der Waals surface area contributed by atoms with Crippen molar-refractivity contribution in [3.05, 3.63) is 87.0 Å². The van der Waals surface area contributed by atoms with Crippen molar-refractivity contribution in [2.24, 2.45) is 0 Å². The number of tetrazole rings is 1. The van der Waals surface area contributed by atoms with Crippen LogP contribution in [0, 0.1) is 13.8 Å². The van der Waals surface area contributed by atoms with Gasteiger partial charge in [-0.15, -0.1) is 5.10 Å². The van der Waals surface area contributed by atoms with E-state index in [-0.39, 0.29) is 11.6 Å². The van der Waals surface area contributed by atoms with Gasteiger partial charge in [0.1, 0.15) is 6.04 Å². The van der Waals surface area contributed by atoms with Crippen LogP contribution in [-0.4, -0.2) is 67.7 Å². The van der Waals surface area contributed by atoms with E-state index in [4.69, 9.17) is 0 Å². The zero-order valence-corrected chi connectivity index (χ0v) is 20.0. The minimum absolute atomic E-state index is 0.0899. The molecule has 2 aromatic carbocycles. The Hall–Kier alpha value is -3.36. The lowest BCUT2D eigenvalue weighted by Crippen LogP contribution is -2.49. The number of rotatable bonds is 6. The molecule has 0 radical (unpaired) electrons. The van der Waals surface area contributed by atoms with E-state index in [2.05, 4.69) is 69.3 Å². The maximum atomic E-state index is 13.4. The van der Waals surface area contributed by atoms with E-state index in [0.717, 1.165) is 54.8 Å². The molecule has 1 aliphatic rings. The first-order valence-corrected chi connectivity index (χ1v) is 11.9. The fourth-order valence-electron chi connectivity index (χ4n) is 4.81. The molecule has 34 heavy (non-hydrogen) atoms. The number of likely N-dealkylation sites (N-methyl/N-ethyl adjacent to an activating group) is 1. The quantitative estimate of drug-likeness (QED) is 0.479. The summed E-state index contributed by atoms with van der Waals surface area (Å²) in [7, 11) is 0. The molecule has 8 heteroatoms. The predicted molar refractivity (Wildman–Crippen MR) is 133 cm³/mol. The fraction of sp³-hybridized carbons (Fsp3) is 0.385. The van der Waals surface area contributed by atoms with Gasteiger partial charge in [-0.1, -0.05) is 37.3 Å². The van der Waals surface area contributed by atoms with Crippen LogP contribution in [0.15, 0.2) is 53.3 Å². The van der Waals surface area contributed by atoms with Crippen molar-refractivity contribution < 1.29 is 0 Å². The van der Waals surface area contributed by atoms with Gasteiger partial charge in [-0.2, -0.15) is 0 Å². The highest BCUT2D eigenvalue weighted by molar-refractivity contribution is 5.81. The molecule has 176 valence electrons. The number of benzene rings is 2. The monoisotopic (exact) mass is 457 g/mol. The lowest BCUT2D eigenvalue weighted by Gasteiger charge is -2.38. The molecule has 1 aliphatic heterocycles.